The monoisotopic (exact) mass is 569 g/mol. The molecule has 0 fully saturated rings. The smallest absolute Gasteiger partial charge is 0.414 e. The molecule has 4 rings (SSSR count). The van der Waals surface area contributed by atoms with Crippen LogP contribution in [-0.4, -0.2) is 43.7 Å². The van der Waals surface area contributed by atoms with Crippen LogP contribution in [0.15, 0.2) is 52.2 Å². The van der Waals surface area contributed by atoms with E-state index < -0.39 is 23.8 Å². The van der Waals surface area contributed by atoms with Gasteiger partial charge in [-0.25, -0.2) is 9.78 Å². The second kappa shape index (κ2) is 12.6. The van der Waals surface area contributed by atoms with Crippen molar-refractivity contribution in [3.8, 4) is 34.3 Å². The first-order valence-electron chi connectivity index (χ1n) is 12.1. The van der Waals surface area contributed by atoms with E-state index >= 15 is 0 Å². The summed E-state index contributed by atoms with van der Waals surface area (Å²) in [6.07, 6.45) is 1.93. The van der Waals surface area contributed by atoms with Gasteiger partial charge in [0.2, 0.25) is 11.6 Å². The van der Waals surface area contributed by atoms with Gasteiger partial charge in [-0.15, -0.1) is 21.9 Å². The minimum absolute atomic E-state index is 0.0666. The van der Waals surface area contributed by atoms with Crippen LogP contribution in [0, 0.1) is 10.1 Å². The Morgan fingerprint density at radius 2 is 1.90 bits per heavy atom. The van der Waals surface area contributed by atoms with Crippen molar-refractivity contribution in [2.24, 2.45) is 0 Å². The van der Waals surface area contributed by atoms with Crippen LogP contribution in [0.2, 0.25) is 0 Å². The van der Waals surface area contributed by atoms with Crippen LogP contribution in [0.1, 0.15) is 29.3 Å². The lowest BCUT2D eigenvalue weighted by molar-refractivity contribution is -0.763. The summed E-state index contributed by atoms with van der Waals surface area (Å²) in [4.78, 5) is 45.5. The van der Waals surface area contributed by atoms with E-state index in [0.717, 1.165) is 11.1 Å². The molecule has 1 heterocycles. The van der Waals surface area contributed by atoms with Gasteiger partial charge in [0, 0.05) is 11.6 Å². The Balaban J connectivity index is 1.74. The number of amides is 1. The minimum atomic E-state index is -0.934. The van der Waals surface area contributed by atoms with Crippen LogP contribution in [0.4, 0.5) is 4.79 Å². The molecule has 1 aliphatic carbocycles. The molecule has 0 aliphatic heterocycles. The van der Waals surface area contributed by atoms with Gasteiger partial charge in [0.15, 0.2) is 16.9 Å². The zero-order valence-corrected chi connectivity index (χ0v) is 23.0. The number of pyridine rings is 1. The van der Waals surface area contributed by atoms with E-state index in [4.69, 9.17) is 18.9 Å². The SMILES string of the molecule is COc1cc2c(c(OC)c1OC)-c1ccc(SC)c(=O)cc1[C@@H](NC(=O)Oc1cccc(CO[N+](=O)[O-])n1)CC2. The summed E-state index contributed by atoms with van der Waals surface area (Å²) < 4.78 is 22.3. The maximum atomic E-state index is 13.1. The number of fused-ring (bicyclic) bond motifs is 3. The number of rotatable bonds is 9. The average Bonchev–Trinajstić information content (AvgIpc) is 3.19. The van der Waals surface area contributed by atoms with Gasteiger partial charge >= 0.3 is 6.09 Å². The fraction of sp³-hybridized carbons (Fsp3) is 0.296. The lowest BCUT2D eigenvalue weighted by atomic mass is 9.95. The predicted molar refractivity (Wildman–Crippen MR) is 146 cm³/mol. The van der Waals surface area contributed by atoms with Crippen molar-refractivity contribution in [3.63, 3.8) is 0 Å². The standard InChI is InChI=1S/C27H27N3O9S/c1-35-21-12-15-8-10-19(29-27(32)39-23-7-5-6-16(28-23)14-38-30(33)34)18-13-20(31)22(40-4)11-9-17(18)24(15)26(37-3)25(21)36-2/h5-7,9,11-13,19H,8,10,14H2,1-4H3,(H,29,32)/t19-/m0/s1. The van der Waals surface area contributed by atoms with E-state index in [0.29, 0.717) is 46.1 Å². The third-order valence-electron chi connectivity index (χ3n) is 6.31. The zero-order chi connectivity index (χ0) is 28.8. The molecule has 1 aromatic heterocycles. The fourth-order valence-electron chi connectivity index (χ4n) is 4.60. The van der Waals surface area contributed by atoms with Gasteiger partial charge in [0.05, 0.1) is 38.0 Å². The van der Waals surface area contributed by atoms with E-state index in [-0.39, 0.29) is 17.0 Å². The molecule has 12 nitrogen and oxygen atoms in total. The summed E-state index contributed by atoms with van der Waals surface area (Å²) >= 11 is 1.32. The van der Waals surface area contributed by atoms with Crippen molar-refractivity contribution in [1.29, 1.82) is 0 Å². The van der Waals surface area contributed by atoms with Crippen LogP contribution in [0.3, 0.4) is 0 Å². The number of nitrogens with zero attached hydrogens (tertiary/aromatic N) is 2. The maximum Gasteiger partial charge on any atom is 0.414 e. The number of hydrogen-bond acceptors (Lipinski definition) is 11. The Kier molecular flexibility index (Phi) is 8.94. The molecular weight excluding hydrogens is 542 g/mol. The molecule has 0 bridgehead atoms. The van der Waals surface area contributed by atoms with Crippen molar-refractivity contribution in [2.45, 2.75) is 30.4 Å². The van der Waals surface area contributed by atoms with Gasteiger partial charge in [-0.1, -0.05) is 12.1 Å². The molecular formula is C27H27N3O9S. The highest BCUT2D eigenvalue weighted by atomic mass is 32.2. The van der Waals surface area contributed by atoms with E-state index in [1.54, 1.807) is 6.07 Å². The van der Waals surface area contributed by atoms with Gasteiger partial charge < -0.3 is 29.1 Å². The third-order valence-corrected chi connectivity index (χ3v) is 7.09. The van der Waals surface area contributed by atoms with Crippen molar-refractivity contribution >= 4 is 17.9 Å². The van der Waals surface area contributed by atoms with Crippen LogP contribution in [0.5, 0.6) is 23.1 Å². The summed E-state index contributed by atoms with van der Waals surface area (Å²) in [7, 11) is 4.59. The number of aromatic nitrogens is 1. The Hall–Kier alpha value is -4.52. The van der Waals surface area contributed by atoms with E-state index in [1.807, 2.05) is 18.4 Å². The summed E-state index contributed by atoms with van der Waals surface area (Å²) in [5.41, 5.74) is 2.89. The highest BCUT2D eigenvalue weighted by Crippen LogP contribution is 2.50. The van der Waals surface area contributed by atoms with Crippen LogP contribution in [0.25, 0.3) is 11.1 Å². The van der Waals surface area contributed by atoms with E-state index in [9.17, 15) is 19.7 Å². The Morgan fingerprint density at radius 3 is 2.58 bits per heavy atom. The highest BCUT2D eigenvalue weighted by molar-refractivity contribution is 7.98. The van der Waals surface area contributed by atoms with Gasteiger partial charge in [-0.05, 0) is 60.1 Å². The number of nitrogens with one attached hydrogen (secondary N) is 1. The second-order valence-electron chi connectivity index (χ2n) is 8.55. The van der Waals surface area contributed by atoms with Crippen LogP contribution in [-0.2, 0) is 17.9 Å². The third kappa shape index (κ3) is 6.04. The Morgan fingerprint density at radius 1 is 1.12 bits per heavy atom. The number of hydrogen-bond donors (Lipinski definition) is 1. The zero-order valence-electron chi connectivity index (χ0n) is 22.2. The predicted octanol–water partition coefficient (Wildman–Crippen LogP) is 4.34. The molecule has 1 N–H and O–H groups in total. The number of benzene rings is 1. The topological polar surface area (TPSA) is 148 Å². The highest BCUT2D eigenvalue weighted by Gasteiger charge is 2.30. The second-order valence-corrected chi connectivity index (χ2v) is 9.40. The Bertz CT molecular complexity index is 1500. The Labute approximate surface area is 233 Å². The quantitative estimate of drug-likeness (QED) is 0.223. The van der Waals surface area contributed by atoms with Crippen molar-refractivity contribution < 1.29 is 33.7 Å². The fourth-order valence-corrected chi connectivity index (χ4v) is 5.06. The molecule has 1 aliphatic rings. The van der Waals surface area contributed by atoms with Crippen molar-refractivity contribution in [2.75, 3.05) is 27.6 Å². The van der Waals surface area contributed by atoms with Gasteiger partial charge in [0.1, 0.15) is 6.61 Å². The van der Waals surface area contributed by atoms with Gasteiger partial charge in [0.25, 0.3) is 5.09 Å². The first kappa shape index (κ1) is 28.5. The number of aryl methyl sites for hydroxylation is 1. The summed E-state index contributed by atoms with van der Waals surface area (Å²) in [6, 6.07) is 10.8. The maximum absolute atomic E-state index is 13.1. The lowest BCUT2D eigenvalue weighted by Crippen LogP contribution is -2.32. The number of carbonyl (C=O) groups excluding carboxylic acids is 1. The van der Waals surface area contributed by atoms with Gasteiger partial charge in [-0.2, -0.15) is 0 Å². The first-order valence-corrected chi connectivity index (χ1v) is 13.3. The molecule has 40 heavy (non-hydrogen) atoms. The molecule has 0 radical (unpaired) electrons. The molecule has 2 aromatic carbocycles. The molecule has 1 amide bonds. The number of ether oxygens (including phenoxy) is 4. The van der Waals surface area contributed by atoms with Crippen LogP contribution >= 0.6 is 11.8 Å². The normalized spacial score (nSPS) is 13.7. The molecule has 13 heteroatoms. The molecule has 3 aromatic rings. The summed E-state index contributed by atoms with van der Waals surface area (Å²) in [5.74, 6) is 1.28. The van der Waals surface area contributed by atoms with Crippen molar-refractivity contribution in [1.82, 2.24) is 10.3 Å². The van der Waals surface area contributed by atoms with Crippen molar-refractivity contribution in [3.05, 3.63) is 79.6 Å². The lowest BCUT2D eigenvalue weighted by Gasteiger charge is -2.19. The number of carbonyl (C=O) groups is 1. The molecule has 1 atom stereocenters. The first-order chi connectivity index (χ1) is 19.3. The van der Waals surface area contributed by atoms with E-state index in [1.165, 1.54) is 57.4 Å². The van der Waals surface area contributed by atoms with Crippen LogP contribution < -0.4 is 29.7 Å². The number of thioether (sulfide) groups is 1. The summed E-state index contributed by atoms with van der Waals surface area (Å²) in [6.45, 7) is -0.393. The molecule has 0 saturated carbocycles. The summed E-state index contributed by atoms with van der Waals surface area (Å²) in [5, 5.41) is 12.4. The number of methoxy groups -OCH3 is 3. The minimum Gasteiger partial charge on any atom is -0.493 e. The average molecular weight is 570 g/mol. The van der Waals surface area contributed by atoms with E-state index in [2.05, 4.69) is 15.1 Å². The molecule has 0 unspecified atom stereocenters. The molecule has 0 spiro atoms. The molecule has 0 saturated heterocycles. The largest absolute Gasteiger partial charge is 0.493 e. The molecule has 210 valence electrons. The van der Waals surface area contributed by atoms with Gasteiger partial charge in [-0.3, -0.25) is 4.79 Å².